The zero-order valence-electron chi connectivity index (χ0n) is 14.7. The van der Waals surface area contributed by atoms with Gasteiger partial charge in [-0.25, -0.2) is 0 Å². The van der Waals surface area contributed by atoms with Crippen LogP contribution in [0.4, 0.5) is 0 Å². The summed E-state index contributed by atoms with van der Waals surface area (Å²) in [6.07, 6.45) is 1.70. The summed E-state index contributed by atoms with van der Waals surface area (Å²) in [4.78, 5) is 12.9. The molecule has 3 aromatic rings. The molecule has 0 saturated carbocycles. The van der Waals surface area contributed by atoms with Crippen molar-refractivity contribution in [2.75, 3.05) is 14.2 Å². The third kappa shape index (κ3) is 2.93. The van der Waals surface area contributed by atoms with Gasteiger partial charge in [0.2, 0.25) is 5.43 Å². The first kappa shape index (κ1) is 16.9. The quantitative estimate of drug-likeness (QED) is 0.512. The Kier molecular flexibility index (Phi) is 4.17. The second-order valence-electron chi connectivity index (χ2n) is 6.18. The standard InChI is InChI=1S/C20H20O5/c1-6-20(2,3)25-12-10-15(23-5)17-16(11-12)24-19-13(18(17)21)8-7-9-14(19)22-4/h6-11H,1H2,2-5H3. The number of hydrogen-bond acceptors (Lipinski definition) is 5. The van der Waals surface area contributed by atoms with Gasteiger partial charge in [0.25, 0.3) is 0 Å². The Balaban J connectivity index is 2.35. The SMILES string of the molecule is C=CC(C)(C)Oc1cc(OC)c2c(=O)c3cccc(OC)c3oc2c1. The second kappa shape index (κ2) is 6.16. The largest absolute Gasteiger partial charge is 0.496 e. The third-order valence-corrected chi connectivity index (χ3v) is 4.01. The normalized spacial score (nSPS) is 11.5. The van der Waals surface area contributed by atoms with E-state index in [1.807, 2.05) is 13.8 Å². The van der Waals surface area contributed by atoms with E-state index in [-0.39, 0.29) is 5.43 Å². The number of hydrogen-bond donors (Lipinski definition) is 0. The van der Waals surface area contributed by atoms with Crippen LogP contribution >= 0.6 is 0 Å². The monoisotopic (exact) mass is 340 g/mol. The Morgan fingerprint density at radius 1 is 1.12 bits per heavy atom. The highest BCUT2D eigenvalue weighted by atomic mass is 16.5. The maximum Gasteiger partial charge on any atom is 0.204 e. The van der Waals surface area contributed by atoms with Crippen LogP contribution in [0.2, 0.25) is 0 Å². The van der Waals surface area contributed by atoms with E-state index < -0.39 is 5.60 Å². The molecule has 1 heterocycles. The molecule has 0 aliphatic heterocycles. The van der Waals surface area contributed by atoms with Crippen molar-refractivity contribution < 1.29 is 18.6 Å². The Morgan fingerprint density at radius 3 is 2.48 bits per heavy atom. The van der Waals surface area contributed by atoms with E-state index in [1.54, 1.807) is 36.4 Å². The van der Waals surface area contributed by atoms with Crippen LogP contribution in [0.1, 0.15) is 13.8 Å². The first-order chi connectivity index (χ1) is 11.9. The van der Waals surface area contributed by atoms with Crippen molar-refractivity contribution in [2.45, 2.75) is 19.4 Å². The first-order valence-electron chi connectivity index (χ1n) is 7.84. The molecule has 0 spiro atoms. The van der Waals surface area contributed by atoms with Crippen LogP contribution in [-0.2, 0) is 0 Å². The minimum atomic E-state index is -0.576. The van der Waals surface area contributed by atoms with Gasteiger partial charge in [0.15, 0.2) is 11.3 Å². The highest BCUT2D eigenvalue weighted by molar-refractivity contribution is 5.95. The number of ether oxygens (including phenoxy) is 3. The fraction of sp³-hybridized carbons (Fsp3) is 0.250. The van der Waals surface area contributed by atoms with E-state index in [1.165, 1.54) is 14.2 Å². The van der Waals surface area contributed by atoms with Gasteiger partial charge in [-0.2, -0.15) is 0 Å². The fourth-order valence-corrected chi connectivity index (χ4v) is 2.64. The molecule has 0 unspecified atom stereocenters. The Bertz CT molecular complexity index is 1010. The van der Waals surface area contributed by atoms with E-state index in [9.17, 15) is 4.79 Å². The molecular weight excluding hydrogens is 320 g/mol. The molecule has 0 atom stereocenters. The molecule has 0 fully saturated rings. The molecule has 0 radical (unpaired) electrons. The summed E-state index contributed by atoms with van der Waals surface area (Å²) in [7, 11) is 3.04. The smallest absolute Gasteiger partial charge is 0.204 e. The van der Waals surface area contributed by atoms with Gasteiger partial charge >= 0.3 is 0 Å². The van der Waals surface area contributed by atoms with E-state index in [0.717, 1.165) is 0 Å². The van der Waals surface area contributed by atoms with E-state index in [2.05, 4.69) is 6.58 Å². The lowest BCUT2D eigenvalue weighted by molar-refractivity contribution is 0.162. The number of para-hydroxylation sites is 1. The van der Waals surface area contributed by atoms with E-state index in [4.69, 9.17) is 18.6 Å². The predicted octanol–water partition coefficient (Wildman–Crippen LogP) is 4.31. The summed E-state index contributed by atoms with van der Waals surface area (Å²) < 4.78 is 22.6. The molecule has 5 nitrogen and oxygen atoms in total. The average Bonchev–Trinajstić information content (AvgIpc) is 2.60. The van der Waals surface area contributed by atoms with Crippen molar-refractivity contribution in [1.29, 1.82) is 0 Å². The van der Waals surface area contributed by atoms with Gasteiger partial charge in [0, 0.05) is 12.1 Å². The van der Waals surface area contributed by atoms with Gasteiger partial charge in [0.05, 0.1) is 19.6 Å². The Labute approximate surface area is 145 Å². The maximum absolute atomic E-state index is 12.9. The van der Waals surface area contributed by atoms with Crippen molar-refractivity contribution in [2.24, 2.45) is 0 Å². The third-order valence-electron chi connectivity index (χ3n) is 4.01. The predicted molar refractivity (Wildman–Crippen MR) is 98.0 cm³/mol. The summed E-state index contributed by atoms with van der Waals surface area (Å²) in [5.74, 6) is 1.41. The highest BCUT2D eigenvalue weighted by Crippen LogP contribution is 2.34. The van der Waals surface area contributed by atoms with Gasteiger partial charge in [-0.15, -0.1) is 0 Å². The minimum absolute atomic E-state index is 0.179. The second-order valence-corrected chi connectivity index (χ2v) is 6.18. The molecule has 2 aromatic carbocycles. The summed E-state index contributed by atoms with van der Waals surface area (Å²) >= 11 is 0. The molecule has 0 aliphatic rings. The van der Waals surface area contributed by atoms with Gasteiger partial charge in [-0.1, -0.05) is 12.6 Å². The van der Waals surface area contributed by atoms with Gasteiger partial charge in [-0.05, 0) is 32.1 Å². The highest BCUT2D eigenvalue weighted by Gasteiger charge is 2.20. The lowest BCUT2D eigenvalue weighted by atomic mass is 10.1. The molecule has 0 aliphatic carbocycles. The molecule has 5 heteroatoms. The molecule has 1 aromatic heterocycles. The topological polar surface area (TPSA) is 57.9 Å². The molecule has 0 saturated heterocycles. The van der Waals surface area contributed by atoms with Gasteiger partial charge in [0.1, 0.15) is 28.1 Å². The Hall–Kier alpha value is -2.95. The maximum atomic E-state index is 12.9. The summed E-state index contributed by atoms with van der Waals surface area (Å²) in [6, 6.07) is 8.55. The first-order valence-corrected chi connectivity index (χ1v) is 7.84. The zero-order valence-corrected chi connectivity index (χ0v) is 14.7. The van der Waals surface area contributed by atoms with Crippen molar-refractivity contribution in [1.82, 2.24) is 0 Å². The average molecular weight is 340 g/mol. The Morgan fingerprint density at radius 2 is 1.84 bits per heavy atom. The summed E-state index contributed by atoms with van der Waals surface area (Å²) in [5, 5.41) is 0.803. The molecular formula is C20H20O5. The van der Waals surface area contributed by atoms with Gasteiger partial charge < -0.3 is 18.6 Å². The molecule has 0 amide bonds. The molecule has 25 heavy (non-hydrogen) atoms. The van der Waals surface area contributed by atoms with Crippen LogP contribution in [0.25, 0.3) is 21.9 Å². The van der Waals surface area contributed by atoms with Gasteiger partial charge in [-0.3, -0.25) is 4.79 Å². The van der Waals surface area contributed by atoms with Crippen molar-refractivity contribution in [3.8, 4) is 17.2 Å². The number of fused-ring (bicyclic) bond motifs is 2. The van der Waals surface area contributed by atoms with E-state index >= 15 is 0 Å². The van der Waals surface area contributed by atoms with Crippen LogP contribution in [-0.4, -0.2) is 19.8 Å². The molecule has 0 bridgehead atoms. The van der Waals surface area contributed by atoms with Crippen molar-refractivity contribution in [3.63, 3.8) is 0 Å². The zero-order chi connectivity index (χ0) is 18.2. The summed E-state index contributed by atoms with van der Waals surface area (Å²) in [5.41, 5.74) is 0.00971. The number of rotatable bonds is 5. The number of benzene rings is 2. The van der Waals surface area contributed by atoms with Crippen LogP contribution in [0, 0.1) is 0 Å². The minimum Gasteiger partial charge on any atom is -0.496 e. The van der Waals surface area contributed by atoms with Crippen molar-refractivity contribution >= 4 is 21.9 Å². The van der Waals surface area contributed by atoms with Crippen LogP contribution in [0.5, 0.6) is 17.2 Å². The fourth-order valence-electron chi connectivity index (χ4n) is 2.64. The summed E-state index contributed by atoms with van der Waals surface area (Å²) in [6.45, 7) is 7.54. The van der Waals surface area contributed by atoms with Crippen LogP contribution in [0.15, 0.2) is 52.2 Å². The lowest BCUT2D eigenvalue weighted by Crippen LogP contribution is -2.24. The van der Waals surface area contributed by atoms with Crippen LogP contribution in [0.3, 0.4) is 0 Å². The van der Waals surface area contributed by atoms with E-state index in [0.29, 0.717) is 39.2 Å². The molecule has 130 valence electrons. The molecule has 3 rings (SSSR count). The number of methoxy groups -OCH3 is 2. The van der Waals surface area contributed by atoms with Crippen molar-refractivity contribution in [3.05, 3.63) is 53.2 Å². The van der Waals surface area contributed by atoms with Crippen LogP contribution < -0.4 is 19.6 Å². The molecule has 0 N–H and O–H groups in total. The lowest BCUT2D eigenvalue weighted by Gasteiger charge is -2.23.